The molecule has 3 aromatic rings. The fourth-order valence-corrected chi connectivity index (χ4v) is 4.40. The molecular weight excluding hydrogens is 354 g/mol. The second-order valence-corrected chi connectivity index (χ2v) is 7.86. The number of aromatic nitrogens is 6. The topological polar surface area (TPSA) is 84.6 Å². The average molecular weight is 379 g/mol. The van der Waals surface area contributed by atoms with Crippen LogP contribution in [0.3, 0.4) is 0 Å². The van der Waals surface area contributed by atoms with E-state index >= 15 is 0 Å². The molecule has 0 unspecified atom stereocenters. The Morgan fingerprint density at radius 3 is 2.89 bits per heavy atom. The molecular formula is C20H25N7O. The Labute approximate surface area is 163 Å². The standard InChI is InChI=1S/C20H25N7O/c28-20-6-5-19(26-10-2-9-21-26)24-27(20)13-15-7-11-25(12-8-15)14-18-16-3-1-4-17(16)22-23-18/h2,5-6,9-10,15H,1,3-4,7-8,11-14H2,(H,22,23). The second kappa shape index (κ2) is 7.35. The molecule has 1 aliphatic heterocycles. The van der Waals surface area contributed by atoms with Crippen LogP contribution in [0.15, 0.2) is 35.4 Å². The zero-order valence-corrected chi connectivity index (χ0v) is 15.9. The number of H-pyrrole nitrogens is 1. The van der Waals surface area contributed by atoms with Gasteiger partial charge in [0, 0.05) is 37.2 Å². The molecule has 1 saturated heterocycles. The number of likely N-dealkylation sites (tertiary alicyclic amines) is 1. The maximum absolute atomic E-state index is 12.2. The van der Waals surface area contributed by atoms with E-state index < -0.39 is 0 Å². The molecule has 3 aromatic heterocycles. The van der Waals surface area contributed by atoms with E-state index in [0.717, 1.165) is 38.9 Å². The van der Waals surface area contributed by atoms with Crippen molar-refractivity contribution in [2.75, 3.05) is 13.1 Å². The molecule has 0 amide bonds. The molecule has 28 heavy (non-hydrogen) atoms. The van der Waals surface area contributed by atoms with Gasteiger partial charge in [0.2, 0.25) is 0 Å². The zero-order chi connectivity index (χ0) is 18.9. The van der Waals surface area contributed by atoms with Gasteiger partial charge >= 0.3 is 0 Å². The molecule has 1 fully saturated rings. The Kier molecular flexibility index (Phi) is 4.56. The molecule has 1 N–H and O–H groups in total. The summed E-state index contributed by atoms with van der Waals surface area (Å²) < 4.78 is 3.28. The summed E-state index contributed by atoms with van der Waals surface area (Å²) in [5.74, 6) is 1.15. The fraction of sp³-hybridized carbons (Fsp3) is 0.500. The average Bonchev–Trinajstić information content (AvgIpc) is 3.45. The lowest BCUT2D eigenvalue weighted by atomic mass is 9.96. The molecule has 146 valence electrons. The van der Waals surface area contributed by atoms with Crippen LogP contribution in [0.5, 0.6) is 0 Å². The Morgan fingerprint density at radius 2 is 2.07 bits per heavy atom. The summed E-state index contributed by atoms with van der Waals surface area (Å²) in [5, 5.41) is 16.4. The number of nitrogens with one attached hydrogen (secondary N) is 1. The molecule has 0 atom stereocenters. The van der Waals surface area contributed by atoms with Crippen LogP contribution in [-0.4, -0.2) is 47.7 Å². The Balaban J connectivity index is 1.21. The minimum atomic E-state index is -0.0505. The molecule has 0 bridgehead atoms. The van der Waals surface area contributed by atoms with Crippen molar-refractivity contribution in [3.8, 4) is 5.82 Å². The minimum absolute atomic E-state index is 0.0505. The van der Waals surface area contributed by atoms with Crippen molar-refractivity contribution in [1.29, 1.82) is 0 Å². The van der Waals surface area contributed by atoms with Crippen LogP contribution in [0.25, 0.3) is 5.82 Å². The minimum Gasteiger partial charge on any atom is -0.297 e. The molecule has 0 spiro atoms. The van der Waals surface area contributed by atoms with Gasteiger partial charge in [0.25, 0.3) is 5.56 Å². The van der Waals surface area contributed by atoms with Gasteiger partial charge in [-0.05, 0) is 68.8 Å². The smallest absolute Gasteiger partial charge is 0.266 e. The van der Waals surface area contributed by atoms with Gasteiger partial charge in [0.15, 0.2) is 5.82 Å². The van der Waals surface area contributed by atoms with Crippen LogP contribution in [0.4, 0.5) is 0 Å². The largest absolute Gasteiger partial charge is 0.297 e. The summed E-state index contributed by atoms with van der Waals surface area (Å²) in [6, 6.07) is 5.15. The van der Waals surface area contributed by atoms with E-state index in [1.807, 2.05) is 12.3 Å². The van der Waals surface area contributed by atoms with Crippen LogP contribution in [0.2, 0.25) is 0 Å². The number of hydrogen-bond acceptors (Lipinski definition) is 5. The van der Waals surface area contributed by atoms with Gasteiger partial charge in [-0.15, -0.1) is 5.10 Å². The van der Waals surface area contributed by atoms with Crippen molar-refractivity contribution < 1.29 is 0 Å². The van der Waals surface area contributed by atoms with E-state index in [1.165, 1.54) is 29.8 Å². The van der Waals surface area contributed by atoms with Gasteiger partial charge in [-0.1, -0.05) is 0 Å². The number of piperidine rings is 1. The van der Waals surface area contributed by atoms with Crippen molar-refractivity contribution in [2.24, 2.45) is 5.92 Å². The summed E-state index contributed by atoms with van der Waals surface area (Å²) in [4.78, 5) is 14.7. The summed E-state index contributed by atoms with van der Waals surface area (Å²) in [5.41, 5.74) is 3.97. The first-order valence-corrected chi connectivity index (χ1v) is 10.1. The lowest BCUT2D eigenvalue weighted by Crippen LogP contribution is -2.36. The Morgan fingerprint density at radius 1 is 1.18 bits per heavy atom. The molecule has 2 aliphatic rings. The summed E-state index contributed by atoms with van der Waals surface area (Å²) in [6.07, 6.45) is 9.25. The van der Waals surface area contributed by atoms with E-state index in [2.05, 4.69) is 25.3 Å². The van der Waals surface area contributed by atoms with Crippen LogP contribution in [0, 0.1) is 5.92 Å². The third-order valence-corrected chi connectivity index (χ3v) is 6.00. The predicted octanol–water partition coefficient (Wildman–Crippen LogP) is 1.55. The van der Waals surface area contributed by atoms with E-state index in [0.29, 0.717) is 18.3 Å². The molecule has 4 heterocycles. The third kappa shape index (κ3) is 3.40. The van der Waals surface area contributed by atoms with Crippen molar-refractivity contribution in [3.63, 3.8) is 0 Å². The van der Waals surface area contributed by atoms with E-state index in [9.17, 15) is 4.79 Å². The summed E-state index contributed by atoms with van der Waals surface area (Å²) >= 11 is 0. The van der Waals surface area contributed by atoms with Crippen LogP contribution < -0.4 is 5.56 Å². The number of aryl methyl sites for hydroxylation is 1. The molecule has 8 nitrogen and oxygen atoms in total. The van der Waals surface area contributed by atoms with Gasteiger partial charge in [-0.2, -0.15) is 10.2 Å². The van der Waals surface area contributed by atoms with Gasteiger partial charge < -0.3 is 0 Å². The van der Waals surface area contributed by atoms with Gasteiger partial charge in [0.05, 0.1) is 5.69 Å². The summed E-state index contributed by atoms with van der Waals surface area (Å²) in [6.45, 7) is 3.69. The quantitative estimate of drug-likeness (QED) is 0.727. The van der Waals surface area contributed by atoms with Crippen LogP contribution >= 0.6 is 0 Å². The van der Waals surface area contributed by atoms with Gasteiger partial charge in [-0.25, -0.2) is 9.36 Å². The Hall–Kier alpha value is -2.74. The highest BCUT2D eigenvalue weighted by Gasteiger charge is 2.24. The number of fused-ring (bicyclic) bond motifs is 1. The molecule has 0 aromatic carbocycles. The number of hydrogen-bond donors (Lipinski definition) is 1. The highest BCUT2D eigenvalue weighted by Crippen LogP contribution is 2.25. The first kappa shape index (κ1) is 17.4. The highest BCUT2D eigenvalue weighted by molar-refractivity contribution is 5.29. The van der Waals surface area contributed by atoms with Crippen LogP contribution in [-0.2, 0) is 25.9 Å². The molecule has 0 saturated carbocycles. The fourth-order valence-electron chi connectivity index (χ4n) is 4.40. The molecule has 1 aliphatic carbocycles. The lowest BCUT2D eigenvalue weighted by Gasteiger charge is -2.31. The normalized spacial score (nSPS) is 17.9. The van der Waals surface area contributed by atoms with Crippen LogP contribution in [0.1, 0.15) is 36.2 Å². The number of aromatic amines is 1. The third-order valence-electron chi connectivity index (χ3n) is 6.00. The maximum atomic E-state index is 12.2. The SMILES string of the molecule is O=c1ccc(-n2cccn2)nn1CC1CCN(Cc2n[nH]c3c2CCC3)CC1. The van der Waals surface area contributed by atoms with Crippen molar-refractivity contribution in [1.82, 2.24) is 34.7 Å². The Bertz CT molecular complexity index is 996. The second-order valence-electron chi connectivity index (χ2n) is 7.86. The van der Waals surface area contributed by atoms with Crippen molar-refractivity contribution in [3.05, 3.63) is 57.9 Å². The molecule has 5 rings (SSSR count). The molecule has 8 heteroatoms. The van der Waals surface area contributed by atoms with E-state index in [1.54, 1.807) is 27.7 Å². The van der Waals surface area contributed by atoms with Gasteiger partial charge in [-0.3, -0.25) is 14.8 Å². The summed E-state index contributed by atoms with van der Waals surface area (Å²) in [7, 11) is 0. The van der Waals surface area contributed by atoms with Gasteiger partial charge in [0.1, 0.15) is 0 Å². The first-order valence-electron chi connectivity index (χ1n) is 10.1. The first-order chi connectivity index (χ1) is 13.8. The number of nitrogens with zero attached hydrogens (tertiary/aromatic N) is 6. The number of rotatable bonds is 5. The van der Waals surface area contributed by atoms with Crippen molar-refractivity contribution in [2.45, 2.75) is 45.2 Å². The zero-order valence-electron chi connectivity index (χ0n) is 15.9. The predicted molar refractivity (Wildman–Crippen MR) is 104 cm³/mol. The molecule has 0 radical (unpaired) electrons. The van der Waals surface area contributed by atoms with E-state index in [-0.39, 0.29) is 5.56 Å². The van der Waals surface area contributed by atoms with E-state index in [4.69, 9.17) is 0 Å². The van der Waals surface area contributed by atoms with Crippen molar-refractivity contribution >= 4 is 0 Å². The lowest BCUT2D eigenvalue weighted by molar-refractivity contribution is 0.161. The monoisotopic (exact) mass is 379 g/mol. The highest BCUT2D eigenvalue weighted by atomic mass is 16.1. The maximum Gasteiger partial charge on any atom is 0.266 e.